The van der Waals surface area contributed by atoms with Crippen molar-refractivity contribution in [3.63, 3.8) is 0 Å². The summed E-state index contributed by atoms with van der Waals surface area (Å²) in [4.78, 5) is 11.2. The molecule has 1 fully saturated rings. The number of carboxylic acid groups (broad SMARTS) is 1. The van der Waals surface area contributed by atoms with Crippen LogP contribution in [0.15, 0.2) is 53.4 Å². The fourth-order valence-electron chi connectivity index (χ4n) is 2.90. The third-order valence-corrected chi connectivity index (χ3v) is 5.81. The van der Waals surface area contributed by atoms with Crippen LogP contribution in [0.4, 0.5) is 5.69 Å². The van der Waals surface area contributed by atoms with Crippen molar-refractivity contribution in [3.8, 4) is 0 Å². The SMILES string of the molecule is O=C(O)c1ccc(NCC2CCCO2)c(S(=O)(=O)NCc2ccccc2)c1. The van der Waals surface area contributed by atoms with Crippen LogP contribution >= 0.6 is 0 Å². The van der Waals surface area contributed by atoms with E-state index < -0.39 is 16.0 Å². The second kappa shape index (κ2) is 8.51. The van der Waals surface area contributed by atoms with Gasteiger partial charge in [-0.15, -0.1) is 0 Å². The van der Waals surface area contributed by atoms with Crippen LogP contribution in [0, 0.1) is 0 Å². The molecule has 1 atom stereocenters. The summed E-state index contributed by atoms with van der Waals surface area (Å²) in [6.07, 6.45) is 1.92. The van der Waals surface area contributed by atoms with Gasteiger partial charge in [-0.1, -0.05) is 30.3 Å². The summed E-state index contributed by atoms with van der Waals surface area (Å²) in [7, 11) is -3.91. The zero-order valence-corrected chi connectivity index (χ0v) is 15.5. The molecule has 1 aliphatic heterocycles. The number of rotatable bonds is 8. The number of sulfonamides is 1. The molecular formula is C19H22N2O5S. The maximum absolute atomic E-state index is 12.8. The molecule has 7 nitrogen and oxygen atoms in total. The number of carboxylic acids is 1. The van der Waals surface area contributed by atoms with Crippen molar-refractivity contribution < 1.29 is 23.1 Å². The third-order valence-electron chi connectivity index (χ3n) is 4.37. The van der Waals surface area contributed by atoms with Crippen LogP contribution < -0.4 is 10.0 Å². The molecule has 0 bridgehead atoms. The van der Waals surface area contributed by atoms with Gasteiger partial charge in [0.25, 0.3) is 0 Å². The first kappa shape index (κ1) is 19.3. The van der Waals surface area contributed by atoms with E-state index in [1.807, 2.05) is 30.3 Å². The van der Waals surface area contributed by atoms with Gasteiger partial charge in [0.05, 0.1) is 17.4 Å². The third kappa shape index (κ3) is 5.06. The van der Waals surface area contributed by atoms with E-state index in [0.717, 1.165) is 18.4 Å². The molecule has 0 radical (unpaired) electrons. The summed E-state index contributed by atoms with van der Waals surface area (Å²) in [6.45, 7) is 1.29. The lowest BCUT2D eigenvalue weighted by molar-refractivity contribution is 0.0696. The van der Waals surface area contributed by atoms with E-state index >= 15 is 0 Å². The van der Waals surface area contributed by atoms with Crippen molar-refractivity contribution in [1.29, 1.82) is 0 Å². The highest BCUT2D eigenvalue weighted by atomic mass is 32.2. The molecule has 8 heteroatoms. The fraction of sp³-hybridized carbons (Fsp3) is 0.316. The first-order valence-corrected chi connectivity index (χ1v) is 10.2. The van der Waals surface area contributed by atoms with Crippen molar-refractivity contribution >= 4 is 21.7 Å². The van der Waals surface area contributed by atoms with Gasteiger partial charge in [-0.3, -0.25) is 0 Å². The van der Waals surface area contributed by atoms with Crippen molar-refractivity contribution in [3.05, 3.63) is 59.7 Å². The van der Waals surface area contributed by atoms with Crippen LogP contribution in [-0.2, 0) is 21.3 Å². The highest BCUT2D eigenvalue weighted by Gasteiger charge is 2.22. The number of hydrogen-bond donors (Lipinski definition) is 3. The Hall–Kier alpha value is -2.42. The molecule has 2 aromatic rings. The van der Waals surface area contributed by atoms with E-state index in [-0.39, 0.29) is 23.1 Å². The van der Waals surface area contributed by atoms with E-state index in [1.54, 1.807) is 0 Å². The number of ether oxygens (including phenoxy) is 1. The van der Waals surface area contributed by atoms with Crippen molar-refractivity contribution in [2.75, 3.05) is 18.5 Å². The number of aromatic carboxylic acids is 1. The van der Waals surface area contributed by atoms with Gasteiger partial charge in [-0.2, -0.15) is 0 Å². The minimum atomic E-state index is -3.91. The highest BCUT2D eigenvalue weighted by molar-refractivity contribution is 7.89. The molecule has 3 N–H and O–H groups in total. The first-order valence-electron chi connectivity index (χ1n) is 8.72. The van der Waals surface area contributed by atoms with Gasteiger partial charge in [0.15, 0.2) is 0 Å². The topological polar surface area (TPSA) is 105 Å². The van der Waals surface area contributed by atoms with Crippen LogP contribution in [0.1, 0.15) is 28.8 Å². The number of carbonyl (C=O) groups is 1. The molecule has 0 aromatic heterocycles. The number of anilines is 1. The smallest absolute Gasteiger partial charge is 0.335 e. The Morgan fingerprint density at radius 3 is 2.63 bits per heavy atom. The highest BCUT2D eigenvalue weighted by Crippen LogP contribution is 2.24. The van der Waals surface area contributed by atoms with Gasteiger partial charge in [0.2, 0.25) is 10.0 Å². The average molecular weight is 390 g/mol. The standard InChI is InChI=1S/C19H22N2O5S/c22-19(23)15-8-9-17(20-13-16-7-4-10-26-16)18(11-15)27(24,25)21-12-14-5-2-1-3-6-14/h1-3,5-6,8-9,11,16,20-21H,4,7,10,12-13H2,(H,22,23). The molecule has 1 heterocycles. The fourth-order valence-corrected chi connectivity index (χ4v) is 4.13. The molecule has 0 aliphatic carbocycles. The zero-order chi connectivity index (χ0) is 19.3. The Kier molecular flexibility index (Phi) is 6.10. The Balaban J connectivity index is 1.82. The lowest BCUT2D eigenvalue weighted by atomic mass is 10.2. The summed E-state index contributed by atoms with van der Waals surface area (Å²) in [5, 5.41) is 12.3. The lowest BCUT2D eigenvalue weighted by Gasteiger charge is -2.16. The van der Waals surface area contributed by atoms with E-state index in [1.165, 1.54) is 18.2 Å². The molecule has 0 spiro atoms. The Bertz CT molecular complexity index is 894. The lowest BCUT2D eigenvalue weighted by Crippen LogP contribution is -2.26. The summed E-state index contributed by atoms with van der Waals surface area (Å²) in [5.74, 6) is -1.18. The molecule has 27 heavy (non-hydrogen) atoms. The molecule has 0 amide bonds. The Labute approximate surface area is 158 Å². The van der Waals surface area contributed by atoms with Crippen molar-refractivity contribution in [2.24, 2.45) is 0 Å². The van der Waals surface area contributed by atoms with E-state index in [0.29, 0.717) is 18.8 Å². The predicted octanol–water partition coefficient (Wildman–Crippen LogP) is 2.45. The van der Waals surface area contributed by atoms with E-state index in [9.17, 15) is 18.3 Å². The van der Waals surface area contributed by atoms with Gasteiger partial charge >= 0.3 is 5.97 Å². The van der Waals surface area contributed by atoms with Gasteiger partial charge in [-0.25, -0.2) is 17.9 Å². The van der Waals surface area contributed by atoms with Crippen LogP contribution in [0.3, 0.4) is 0 Å². The van der Waals surface area contributed by atoms with Gasteiger partial charge in [-0.05, 0) is 36.6 Å². The maximum atomic E-state index is 12.8. The van der Waals surface area contributed by atoms with Crippen LogP contribution in [-0.4, -0.2) is 38.7 Å². The van der Waals surface area contributed by atoms with E-state index in [2.05, 4.69) is 10.0 Å². The van der Waals surface area contributed by atoms with Crippen molar-refractivity contribution in [1.82, 2.24) is 4.72 Å². The maximum Gasteiger partial charge on any atom is 0.335 e. The predicted molar refractivity (Wildman–Crippen MR) is 101 cm³/mol. The summed E-state index contributed by atoms with van der Waals surface area (Å²) >= 11 is 0. The molecule has 1 saturated heterocycles. The molecule has 1 unspecified atom stereocenters. The normalized spacial score (nSPS) is 17.0. The number of nitrogens with one attached hydrogen (secondary N) is 2. The molecule has 1 aliphatic rings. The molecule has 0 saturated carbocycles. The largest absolute Gasteiger partial charge is 0.478 e. The molecule has 3 rings (SSSR count). The van der Waals surface area contributed by atoms with Crippen LogP contribution in [0.2, 0.25) is 0 Å². The average Bonchev–Trinajstić information content (AvgIpc) is 3.19. The molecule has 144 valence electrons. The van der Waals surface area contributed by atoms with Crippen LogP contribution in [0.25, 0.3) is 0 Å². The second-order valence-corrected chi connectivity index (χ2v) is 8.08. The second-order valence-electron chi connectivity index (χ2n) is 6.34. The first-order chi connectivity index (χ1) is 13.0. The Morgan fingerprint density at radius 2 is 1.96 bits per heavy atom. The van der Waals surface area contributed by atoms with Gasteiger partial charge < -0.3 is 15.2 Å². The van der Waals surface area contributed by atoms with Crippen LogP contribution in [0.5, 0.6) is 0 Å². The molecule has 2 aromatic carbocycles. The molecular weight excluding hydrogens is 368 g/mol. The van der Waals surface area contributed by atoms with Crippen molar-refractivity contribution in [2.45, 2.75) is 30.4 Å². The number of hydrogen-bond acceptors (Lipinski definition) is 5. The minimum Gasteiger partial charge on any atom is -0.478 e. The Morgan fingerprint density at radius 1 is 1.19 bits per heavy atom. The van der Waals surface area contributed by atoms with E-state index in [4.69, 9.17) is 4.74 Å². The summed E-state index contributed by atoms with van der Waals surface area (Å²) in [6, 6.07) is 13.2. The summed E-state index contributed by atoms with van der Waals surface area (Å²) in [5.41, 5.74) is 1.08. The monoisotopic (exact) mass is 390 g/mol. The van der Waals surface area contributed by atoms with Gasteiger partial charge in [0.1, 0.15) is 4.90 Å². The number of benzene rings is 2. The summed E-state index contributed by atoms with van der Waals surface area (Å²) < 4.78 is 33.7. The zero-order valence-electron chi connectivity index (χ0n) is 14.7. The quantitative estimate of drug-likeness (QED) is 0.640. The van der Waals surface area contributed by atoms with Gasteiger partial charge in [0, 0.05) is 19.7 Å². The minimum absolute atomic E-state index is 0.0250.